The maximum Gasteiger partial charge on any atom is 0.0580 e. The summed E-state index contributed by atoms with van der Waals surface area (Å²) in [5.41, 5.74) is 0.430. The van der Waals surface area contributed by atoms with Crippen LogP contribution in [0.25, 0.3) is 0 Å². The van der Waals surface area contributed by atoms with Crippen molar-refractivity contribution >= 4 is 0 Å². The van der Waals surface area contributed by atoms with E-state index in [1.54, 1.807) is 0 Å². The molecule has 0 aromatic carbocycles. The molecule has 0 aromatic heterocycles. The van der Waals surface area contributed by atoms with Crippen LogP contribution in [0.3, 0.4) is 0 Å². The van der Waals surface area contributed by atoms with Gasteiger partial charge in [0.15, 0.2) is 0 Å². The van der Waals surface area contributed by atoms with E-state index in [0.29, 0.717) is 11.5 Å². The molecule has 0 aromatic rings. The zero-order valence-electron chi connectivity index (χ0n) is 17.9. The predicted molar refractivity (Wildman–Crippen MR) is 112 cm³/mol. The van der Waals surface area contributed by atoms with Crippen LogP contribution in [0.15, 0.2) is 0 Å². The van der Waals surface area contributed by atoms with Crippen LogP contribution >= 0.6 is 0 Å². The van der Waals surface area contributed by atoms with Gasteiger partial charge in [0.05, 0.1) is 6.10 Å². The van der Waals surface area contributed by atoms with Crippen LogP contribution in [-0.4, -0.2) is 12.7 Å². The van der Waals surface area contributed by atoms with Crippen molar-refractivity contribution in [2.75, 3.05) is 6.61 Å². The standard InChI is InChI=1S/C24H48O/c1-4-24(2,3)22-23-20-18-16-14-12-10-8-6-5-7-9-11-13-15-17-19-21-25-23/h23H,4-22H2,1-3H3. The molecule has 0 saturated carbocycles. The first-order chi connectivity index (χ1) is 12.1. The largest absolute Gasteiger partial charge is 0.378 e. The number of hydrogen-bond donors (Lipinski definition) is 0. The topological polar surface area (TPSA) is 9.23 Å². The lowest BCUT2D eigenvalue weighted by molar-refractivity contribution is 0.0130. The highest BCUT2D eigenvalue weighted by molar-refractivity contribution is 4.73. The van der Waals surface area contributed by atoms with Crippen molar-refractivity contribution < 1.29 is 4.74 Å². The van der Waals surface area contributed by atoms with Gasteiger partial charge in [-0.25, -0.2) is 0 Å². The molecule has 1 fully saturated rings. The monoisotopic (exact) mass is 352 g/mol. The van der Waals surface area contributed by atoms with E-state index < -0.39 is 0 Å². The Morgan fingerprint density at radius 2 is 1.04 bits per heavy atom. The van der Waals surface area contributed by atoms with E-state index in [9.17, 15) is 0 Å². The summed E-state index contributed by atoms with van der Waals surface area (Å²) in [5.74, 6) is 0. The van der Waals surface area contributed by atoms with Gasteiger partial charge in [0.2, 0.25) is 0 Å². The third-order valence-corrected chi connectivity index (χ3v) is 6.26. The molecule has 0 bridgehead atoms. The maximum absolute atomic E-state index is 6.35. The molecule has 0 spiro atoms. The molecule has 1 heterocycles. The molecule has 150 valence electrons. The molecule has 1 heteroatoms. The van der Waals surface area contributed by atoms with Gasteiger partial charge in [-0.3, -0.25) is 0 Å². The minimum atomic E-state index is 0.430. The Bertz CT molecular complexity index is 264. The lowest BCUT2D eigenvalue weighted by atomic mass is 9.83. The molecule has 1 rings (SSSR count). The van der Waals surface area contributed by atoms with Gasteiger partial charge in [0, 0.05) is 6.61 Å². The Balaban J connectivity index is 2.34. The van der Waals surface area contributed by atoms with Crippen molar-refractivity contribution in [3.8, 4) is 0 Å². The molecule has 1 aliphatic rings. The fourth-order valence-corrected chi connectivity index (χ4v) is 4.03. The second kappa shape index (κ2) is 15.1. The van der Waals surface area contributed by atoms with Crippen LogP contribution in [0.4, 0.5) is 0 Å². The number of rotatable bonds is 3. The Morgan fingerprint density at radius 3 is 1.48 bits per heavy atom. The van der Waals surface area contributed by atoms with Gasteiger partial charge in [-0.05, 0) is 24.7 Å². The molecule has 0 N–H and O–H groups in total. The SMILES string of the molecule is CCC(C)(C)CC1CCCCCCCCCCCCCCCCCO1. The van der Waals surface area contributed by atoms with Crippen molar-refractivity contribution in [1.82, 2.24) is 0 Å². The number of hydrogen-bond acceptors (Lipinski definition) is 1. The molecule has 1 unspecified atom stereocenters. The second-order valence-electron chi connectivity index (χ2n) is 9.31. The average molecular weight is 353 g/mol. The molecule has 0 amide bonds. The average Bonchev–Trinajstić information content (AvgIpc) is 2.59. The van der Waals surface area contributed by atoms with Gasteiger partial charge >= 0.3 is 0 Å². The molecule has 1 saturated heterocycles. The van der Waals surface area contributed by atoms with Gasteiger partial charge in [-0.15, -0.1) is 0 Å². The first kappa shape index (κ1) is 23.0. The summed E-state index contributed by atoms with van der Waals surface area (Å²) in [5, 5.41) is 0. The minimum absolute atomic E-state index is 0.430. The van der Waals surface area contributed by atoms with Crippen LogP contribution in [-0.2, 0) is 4.74 Å². The van der Waals surface area contributed by atoms with E-state index in [2.05, 4.69) is 20.8 Å². The molecular formula is C24H48O. The van der Waals surface area contributed by atoms with Crippen LogP contribution in [0.5, 0.6) is 0 Å². The van der Waals surface area contributed by atoms with E-state index >= 15 is 0 Å². The molecule has 1 nitrogen and oxygen atoms in total. The third-order valence-electron chi connectivity index (χ3n) is 6.26. The van der Waals surface area contributed by atoms with Gasteiger partial charge in [-0.2, -0.15) is 0 Å². The zero-order chi connectivity index (χ0) is 18.2. The predicted octanol–water partition coefficient (Wildman–Crippen LogP) is 8.45. The van der Waals surface area contributed by atoms with Crippen LogP contribution in [0.1, 0.15) is 136 Å². The number of ether oxygens (including phenoxy) is 1. The molecular weight excluding hydrogens is 304 g/mol. The maximum atomic E-state index is 6.35. The minimum Gasteiger partial charge on any atom is -0.378 e. The normalized spacial score (nSPS) is 24.8. The van der Waals surface area contributed by atoms with Crippen LogP contribution < -0.4 is 0 Å². The molecule has 1 aliphatic heterocycles. The van der Waals surface area contributed by atoms with Crippen molar-refractivity contribution in [3.63, 3.8) is 0 Å². The molecule has 0 aliphatic carbocycles. The van der Waals surface area contributed by atoms with Crippen molar-refractivity contribution in [1.29, 1.82) is 0 Å². The summed E-state index contributed by atoms with van der Waals surface area (Å²) >= 11 is 0. The lowest BCUT2D eigenvalue weighted by Crippen LogP contribution is -2.23. The van der Waals surface area contributed by atoms with E-state index in [1.165, 1.54) is 116 Å². The van der Waals surface area contributed by atoms with Gasteiger partial charge in [-0.1, -0.05) is 117 Å². The van der Waals surface area contributed by atoms with Crippen molar-refractivity contribution in [2.24, 2.45) is 5.41 Å². The van der Waals surface area contributed by atoms with Crippen LogP contribution in [0, 0.1) is 5.41 Å². The molecule has 1 atom stereocenters. The van der Waals surface area contributed by atoms with Crippen molar-refractivity contribution in [2.45, 2.75) is 142 Å². The first-order valence-electron chi connectivity index (χ1n) is 11.8. The summed E-state index contributed by atoms with van der Waals surface area (Å²) in [6.45, 7) is 8.13. The highest BCUT2D eigenvalue weighted by atomic mass is 16.5. The van der Waals surface area contributed by atoms with E-state index in [1.807, 2.05) is 0 Å². The summed E-state index contributed by atoms with van der Waals surface area (Å²) in [6, 6.07) is 0. The molecule has 25 heavy (non-hydrogen) atoms. The first-order valence-corrected chi connectivity index (χ1v) is 11.8. The second-order valence-corrected chi connectivity index (χ2v) is 9.31. The van der Waals surface area contributed by atoms with E-state index in [0.717, 1.165) is 6.61 Å². The fraction of sp³-hybridized carbons (Fsp3) is 1.00. The summed E-state index contributed by atoms with van der Waals surface area (Å²) in [6.07, 6.45) is 25.7. The summed E-state index contributed by atoms with van der Waals surface area (Å²) in [4.78, 5) is 0. The Labute approximate surface area is 159 Å². The van der Waals surface area contributed by atoms with Gasteiger partial charge < -0.3 is 4.74 Å². The smallest absolute Gasteiger partial charge is 0.0580 e. The van der Waals surface area contributed by atoms with E-state index in [-0.39, 0.29) is 0 Å². The summed E-state index contributed by atoms with van der Waals surface area (Å²) in [7, 11) is 0. The van der Waals surface area contributed by atoms with Crippen molar-refractivity contribution in [3.05, 3.63) is 0 Å². The Morgan fingerprint density at radius 1 is 0.640 bits per heavy atom. The third kappa shape index (κ3) is 13.8. The zero-order valence-corrected chi connectivity index (χ0v) is 17.9. The Kier molecular flexibility index (Phi) is 13.9. The highest BCUT2D eigenvalue weighted by Crippen LogP contribution is 2.29. The van der Waals surface area contributed by atoms with Gasteiger partial charge in [0.25, 0.3) is 0 Å². The van der Waals surface area contributed by atoms with Gasteiger partial charge in [0.1, 0.15) is 0 Å². The summed E-state index contributed by atoms with van der Waals surface area (Å²) < 4.78 is 6.35. The molecule has 0 radical (unpaired) electrons. The highest BCUT2D eigenvalue weighted by Gasteiger charge is 2.21. The quantitative estimate of drug-likeness (QED) is 0.495. The van der Waals surface area contributed by atoms with E-state index in [4.69, 9.17) is 4.74 Å². The Hall–Kier alpha value is -0.0400. The lowest BCUT2D eigenvalue weighted by Gasteiger charge is -2.29. The van der Waals surface area contributed by atoms with Crippen LogP contribution in [0.2, 0.25) is 0 Å². The fourth-order valence-electron chi connectivity index (χ4n) is 4.03.